The Labute approximate surface area is 587 Å². The summed E-state index contributed by atoms with van der Waals surface area (Å²) in [5, 5.41) is 0. The van der Waals surface area contributed by atoms with Gasteiger partial charge in [0.15, 0.2) is 0 Å². The van der Waals surface area contributed by atoms with Crippen LogP contribution in [0.5, 0.6) is 0 Å². The maximum absolute atomic E-state index is 2.40. The molecule has 0 radical (unpaired) electrons. The fourth-order valence-corrected chi connectivity index (χ4v) is 36.4. The number of rotatable bonds is 68. The molecule has 0 saturated heterocycles. The molecule has 0 fully saturated rings. The van der Waals surface area contributed by atoms with Crippen LogP contribution >= 0.6 is 29.0 Å². The molecular formula is C84H184F4P4. The molecule has 0 aromatic carbocycles. The van der Waals surface area contributed by atoms with Crippen LogP contribution in [0, 0.1) is 0 Å². The maximum Gasteiger partial charge on any atom is 0.0594 e. The van der Waals surface area contributed by atoms with Crippen molar-refractivity contribution in [3.8, 4) is 0 Å². The zero-order valence-corrected chi connectivity index (χ0v) is 71.0. The highest BCUT2D eigenvalue weighted by molar-refractivity contribution is 7.76. The molecule has 0 saturated carbocycles. The van der Waals surface area contributed by atoms with Gasteiger partial charge in [-0.3, -0.25) is 0 Å². The van der Waals surface area contributed by atoms with Gasteiger partial charge in [-0.25, -0.2) is 0 Å². The average molecular weight is 1390 g/mol. The molecule has 0 atom stereocenters. The van der Waals surface area contributed by atoms with Gasteiger partial charge in [-0.1, -0.05) is 316 Å². The second-order valence-corrected chi connectivity index (χ2v) is 47.6. The van der Waals surface area contributed by atoms with E-state index in [0.717, 1.165) is 0 Å². The average Bonchev–Trinajstić information content (AvgIpc) is 3.03. The predicted octanol–water partition coefficient (Wildman–Crippen LogP) is 20.6. The number of unbranched alkanes of at least 4 members (excludes halogenated alkanes) is 36. The largest absolute Gasteiger partial charge is 1.00 e. The Morgan fingerprint density at radius 2 is 0.185 bits per heavy atom. The molecule has 568 valence electrons. The molecule has 0 aliphatic rings. The van der Waals surface area contributed by atoms with Gasteiger partial charge in [-0.2, -0.15) is 0 Å². The minimum absolute atomic E-state index is 0. The Morgan fingerprint density at radius 3 is 0.272 bits per heavy atom. The lowest BCUT2D eigenvalue weighted by Crippen LogP contribution is -3.00. The molecule has 0 bridgehead atoms. The summed E-state index contributed by atoms with van der Waals surface area (Å²) in [7, 11) is -2.28. The van der Waals surface area contributed by atoms with Crippen molar-refractivity contribution in [1.82, 2.24) is 0 Å². The van der Waals surface area contributed by atoms with Gasteiger partial charge in [0.1, 0.15) is 0 Å². The summed E-state index contributed by atoms with van der Waals surface area (Å²) < 4.78 is 0. The Bertz CT molecular complexity index is 987. The highest BCUT2D eigenvalue weighted by atomic mass is 31.2. The number of hydrogen-bond acceptors (Lipinski definition) is 0. The highest BCUT2D eigenvalue weighted by Crippen LogP contribution is 2.63. The van der Waals surface area contributed by atoms with Crippen LogP contribution in [0.4, 0.5) is 0 Å². The minimum atomic E-state index is -0.570. The summed E-state index contributed by atoms with van der Waals surface area (Å²) >= 11 is 0. The zero-order chi connectivity index (χ0) is 66.1. The maximum atomic E-state index is 2.40. The van der Waals surface area contributed by atoms with Crippen molar-refractivity contribution < 1.29 is 18.8 Å². The van der Waals surface area contributed by atoms with E-state index in [4.69, 9.17) is 0 Å². The Balaban J connectivity index is -0.000000168. The normalized spacial score (nSPS) is 11.5. The standard InChI is InChI=1S/4C21H46P.4FH/c4*1-5-9-10-11-12-13-14-15-16-17-21-22(18-6-2,19-7-3)20-8-4;;;;/h4*5-21H2,1-4H3;4*1H/q4*+1;;;;/p-4. The zero-order valence-electron chi connectivity index (χ0n) is 67.4. The molecule has 0 aliphatic carbocycles. The van der Waals surface area contributed by atoms with Crippen LogP contribution in [0.3, 0.4) is 0 Å². The summed E-state index contributed by atoms with van der Waals surface area (Å²) in [6, 6.07) is 0. The summed E-state index contributed by atoms with van der Waals surface area (Å²) in [5.41, 5.74) is 0. The third-order valence-corrected chi connectivity index (χ3v) is 42.1. The van der Waals surface area contributed by atoms with Crippen molar-refractivity contribution in [3.05, 3.63) is 0 Å². The fourth-order valence-electron chi connectivity index (χ4n) is 16.1. The number of hydrogen-bond donors (Lipinski definition) is 0. The van der Waals surface area contributed by atoms with Gasteiger partial charge in [0.05, 0.1) is 98.6 Å². The van der Waals surface area contributed by atoms with E-state index in [1.54, 1.807) is 98.6 Å². The summed E-state index contributed by atoms with van der Waals surface area (Å²) in [5.74, 6) is 0. The fraction of sp³-hybridized carbons (Fsp3) is 1.00. The molecule has 0 rings (SSSR count). The van der Waals surface area contributed by atoms with Gasteiger partial charge >= 0.3 is 0 Å². The van der Waals surface area contributed by atoms with Crippen molar-refractivity contribution in [2.75, 3.05) is 98.6 Å². The number of halogens is 4. The second kappa shape index (κ2) is 88.5. The molecule has 0 N–H and O–H groups in total. The van der Waals surface area contributed by atoms with E-state index in [1.807, 2.05) is 0 Å². The van der Waals surface area contributed by atoms with Crippen LogP contribution in [-0.4, -0.2) is 98.6 Å². The first-order valence-corrected chi connectivity index (χ1v) is 52.5. The van der Waals surface area contributed by atoms with Crippen LogP contribution in [0.25, 0.3) is 0 Å². The van der Waals surface area contributed by atoms with Gasteiger partial charge < -0.3 is 18.8 Å². The first-order chi connectivity index (χ1) is 43.0. The lowest BCUT2D eigenvalue weighted by molar-refractivity contribution is -0.00100. The van der Waals surface area contributed by atoms with Gasteiger partial charge in [0, 0.05) is 29.0 Å². The molecule has 92 heavy (non-hydrogen) atoms. The van der Waals surface area contributed by atoms with Crippen LogP contribution in [0.1, 0.15) is 445 Å². The molecular weight excluding hydrogens is 1210 g/mol. The van der Waals surface area contributed by atoms with E-state index in [1.165, 1.54) is 334 Å². The van der Waals surface area contributed by atoms with E-state index in [9.17, 15) is 0 Å². The van der Waals surface area contributed by atoms with Crippen molar-refractivity contribution in [2.45, 2.75) is 445 Å². The first kappa shape index (κ1) is 109. The molecule has 0 amide bonds. The smallest absolute Gasteiger partial charge is 0.0594 e. The monoisotopic (exact) mass is 1390 g/mol. The van der Waals surface area contributed by atoms with Crippen LogP contribution in [0.15, 0.2) is 0 Å². The molecule has 0 aromatic rings. The first-order valence-electron chi connectivity index (χ1n) is 42.4. The third-order valence-electron chi connectivity index (χ3n) is 20.3. The summed E-state index contributed by atoms with van der Waals surface area (Å²) in [6.07, 6.45) is 101. The lowest BCUT2D eigenvalue weighted by Gasteiger charge is -2.27. The topological polar surface area (TPSA) is 0 Å². The molecule has 0 unspecified atom stereocenters. The summed E-state index contributed by atoms with van der Waals surface area (Å²) in [6.45, 7) is 38.0. The quantitative estimate of drug-likeness (QED) is 0.0323. The van der Waals surface area contributed by atoms with Gasteiger partial charge in [0.2, 0.25) is 0 Å². The highest BCUT2D eigenvalue weighted by Gasteiger charge is 2.36. The van der Waals surface area contributed by atoms with E-state index >= 15 is 0 Å². The van der Waals surface area contributed by atoms with Crippen LogP contribution in [0.2, 0.25) is 0 Å². The Morgan fingerprint density at radius 1 is 0.0978 bits per heavy atom. The van der Waals surface area contributed by atoms with Gasteiger partial charge in [0.25, 0.3) is 0 Å². The summed E-state index contributed by atoms with van der Waals surface area (Å²) in [4.78, 5) is 0. The molecule has 0 nitrogen and oxygen atoms in total. The van der Waals surface area contributed by atoms with Gasteiger partial charge in [-0.15, -0.1) is 0 Å². The van der Waals surface area contributed by atoms with Crippen molar-refractivity contribution in [3.63, 3.8) is 0 Å². The lowest BCUT2D eigenvalue weighted by atomic mass is 10.1. The molecule has 0 aliphatic heterocycles. The van der Waals surface area contributed by atoms with E-state index in [0.29, 0.717) is 0 Å². The molecule has 0 heterocycles. The Kier molecular flexibility index (Phi) is 105. The Hall–Kier alpha value is 1.44. The molecule has 0 aromatic heterocycles. The van der Waals surface area contributed by atoms with Gasteiger partial charge in [-0.05, 0) is 128 Å². The minimum Gasteiger partial charge on any atom is -1.00 e. The van der Waals surface area contributed by atoms with Crippen molar-refractivity contribution in [1.29, 1.82) is 0 Å². The van der Waals surface area contributed by atoms with Crippen LogP contribution < -0.4 is 18.8 Å². The van der Waals surface area contributed by atoms with E-state index in [2.05, 4.69) is 111 Å². The van der Waals surface area contributed by atoms with E-state index < -0.39 is 29.0 Å². The van der Waals surface area contributed by atoms with Crippen molar-refractivity contribution >= 4 is 29.0 Å². The van der Waals surface area contributed by atoms with E-state index in [-0.39, 0.29) is 18.8 Å². The SMILES string of the molecule is CCCCCCCCCCCC[P+](CCC)(CCC)CCC.CCCCCCCCCCCC[P+](CCC)(CCC)CCC.CCCCCCCCCCCC[P+](CCC)(CCC)CCC.CCCCCCCCCCCC[P+](CCC)(CCC)CCC.[F-].[F-].[F-].[F-]. The predicted molar refractivity (Wildman–Crippen MR) is 436 cm³/mol. The third kappa shape index (κ3) is 72.7. The van der Waals surface area contributed by atoms with Crippen LogP contribution in [-0.2, 0) is 0 Å². The molecule has 0 spiro atoms. The van der Waals surface area contributed by atoms with Crippen molar-refractivity contribution in [2.24, 2.45) is 0 Å². The second-order valence-electron chi connectivity index (χ2n) is 29.7. The molecule has 8 heteroatoms.